The molecule has 88 valence electrons. The third-order valence-corrected chi connectivity index (χ3v) is 2.38. The second-order valence-electron chi connectivity index (χ2n) is 3.23. The van der Waals surface area contributed by atoms with Gasteiger partial charge >= 0.3 is 11.9 Å². The number of aryl methyl sites for hydroxylation is 1. The van der Waals surface area contributed by atoms with Gasteiger partial charge in [0.15, 0.2) is 0 Å². The average molecular weight is 249 g/mol. The smallest absolute Gasteiger partial charge is 0.382 e. The maximum Gasteiger partial charge on any atom is 0.382 e. The predicted molar refractivity (Wildman–Crippen MR) is 56.7 cm³/mol. The number of hydrogen-bond acceptors (Lipinski definition) is 2. The van der Waals surface area contributed by atoms with Crippen LogP contribution in [0, 0.1) is 6.92 Å². The summed E-state index contributed by atoms with van der Waals surface area (Å²) < 4.78 is 31.7. The summed E-state index contributed by atoms with van der Waals surface area (Å²) in [7, 11) is 0. The van der Waals surface area contributed by atoms with E-state index >= 15 is 0 Å². The van der Waals surface area contributed by atoms with Gasteiger partial charge < -0.3 is 4.74 Å². The predicted octanol–water partition coefficient (Wildman–Crippen LogP) is 3.30. The Hall–Kier alpha value is -1.16. The summed E-state index contributed by atoms with van der Waals surface area (Å²) in [6.07, 6.45) is 0. The van der Waals surface area contributed by atoms with Crippen LogP contribution >= 0.6 is 11.6 Å². The van der Waals surface area contributed by atoms with Crippen LogP contribution in [-0.4, -0.2) is 12.6 Å². The van der Waals surface area contributed by atoms with E-state index in [0.29, 0.717) is 0 Å². The fourth-order valence-corrected chi connectivity index (χ4v) is 1.69. The number of alkyl halides is 2. The molecule has 0 bridgehead atoms. The Bertz CT molecular complexity index is 385. The lowest BCUT2D eigenvalue weighted by Crippen LogP contribution is -2.29. The zero-order chi connectivity index (χ0) is 12.3. The topological polar surface area (TPSA) is 26.3 Å². The molecule has 0 aliphatic carbocycles. The van der Waals surface area contributed by atoms with Crippen LogP contribution in [0.3, 0.4) is 0 Å². The average Bonchev–Trinajstić information content (AvgIpc) is 2.17. The van der Waals surface area contributed by atoms with Crippen LogP contribution in [0.5, 0.6) is 0 Å². The Morgan fingerprint density at radius 2 is 2.12 bits per heavy atom. The zero-order valence-corrected chi connectivity index (χ0v) is 9.65. The summed E-state index contributed by atoms with van der Waals surface area (Å²) in [6, 6.07) is 4.33. The number of hydrogen-bond donors (Lipinski definition) is 0. The monoisotopic (exact) mass is 248 g/mol. The van der Waals surface area contributed by atoms with Gasteiger partial charge in [-0.1, -0.05) is 23.7 Å². The second-order valence-corrected chi connectivity index (χ2v) is 3.63. The van der Waals surface area contributed by atoms with Crippen LogP contribution in [0.25, 0.3) is 0 Å². The van der Waals surface area contributed by atoms with Crippen LogP contribution in [0.4, 0.5) is 8.78 Å². The Morgan fingerprint density at radius 3 is 2.62 bits per heavy atom. The van der Waals surface area contributed by atoms with Crippen LogP contribution in [0.15, 0.2) is 18.2 Å². The highest BCUT2D eigenvalue weighted by molar-refractivity contribution is 6.31. The number of carbonyl (C=O) groups is 1. The van der Waals surface area contributed by atoms with Crippen molar-refractivity contribution < 1.29 is 18.3 Å². The van der Waals surface area contributed by atoms with Crippen LogP contribution in [-0.2, 0) is 15.5 Å². The first-order valence-electron chi connectivity index (χ1n) is 4.71. The first-order chi connectivity index (χ1) is 7.41. The molecule has 0 aromatic heterocycles. The van der Waals surface area contributed by atoms with E-state index in [0.717, 1.165) is 0 Å². The molecule has 16 heavy (non-hydrogen) atoms. The Kier molecular flexibility index (Phi) is 3.86. The lowest BCUT2D eigenvalue weighted by Gasteiger charge is -2.18. The van der Waals surface area contributed by atoms with Gasteiger partial charge in [-0.3, -0.25) is 0 Å². The van der Waals surface area contributed by atoms with E-state index in [9.17, 15) is 13.6 Å². The molecule has 1 rings (SSSR count). The zero-order valence-electron chi connectivity index (χ0n) is 8.89. The highest BCUT2D eigenvalue weighted by Crippen LogP contribution is 2.36. The first kappa shape index (κ1) is 12.9. The van der Waals surface area contributed by atoms with Gasteiger partial charge in [0.05, 0.1) is 17.2 Å². The molecule has 0 unspecified atom stereocenters. The van der Waals surface area contributed by atoms with Crippen molar-refractivity contribution in [1.29, 1.82) is 0 Å². The largest absolute Gasteiger partial charge is 0.461 e. The maximum atomic E-state index is 13.7. The summed E-state index contributed by atoms with van der Waals surface area (Å²) in [5, 5.41) is -0.141. The number of esters is 1. The molecule has 0 saturated heterocycles. The van der Waals surface area contributed by atoms with Gasteiger partial charge in [0, 0.05) is 0 Å². The molecule has 0 atom stereocenters. The molecule has 0 amide bonds. The second kappa shape index (κ2) is 4.78. The summed E-state index contributed by atoms with van der Waals surface area (Å²) in [5.41, 5.74) is -0.235. The molecule has 1 aromatic rings. The minimum Gasteiger partial charge on any atom is -0.461 e. The van der Waals surface area contributed by atoms with Gasteiger partial charge in [0.25, 0.3) is 0 Å². The van der Waals surface area contributed by atoms with Gasteiger partial charge in [-0.15, -0.1) is 0 Å². The van der Waals surface area contributed by atoms with Gasteiger partial charge in [0.2, 0.25) is 0 Å². The van der Waals surface area contributed by atoms with E-state index in [1.54, 1.807) is 6.07 Å². The molecule has 0 aliphatic rings. The Morgan fingerprint density at radius 1 is 1.50 bits per heavy atom. The maximum absolute atomic E-state index is 13.7. The molecule has 0 aliphatic heterocycles. The quantitative estimate of drug-likeness (QED) is 0.767. The van der Waals surface area contributed by atoms with Gasteiger partial charge in [0.1, 0.15) is 0 Å². The molecule has 0 spiro atoms. The molecule has 0 fully saturated rings. The highest BCUT2D eigenvalue weighted by Gasteiger charge is 2.45. The third kappa shape index (κ3) is 2.32. The molecule has 0 saturated carbocycles. The molecule has 0 radical (unpaired) electrons. The minimum atomic E-state index is -3.71. The summed E-state index contributed by atoms with van der Waals surface area (Å²) in [6.45, 7) is 2.83. The molecule has 2 nitrogen and oxygen atoms in total. The first-order valence-corrected chi connectivity index (χ1v) is 5.09. The van der Waals surface area contributed by atoms with Crippen LogP contribution < -0.4 is 0 Å². The van der Waals surface area contributed by atoms with E-state index < -0.39 is 17.5 Å². The summed E-state index contributed by atoms with van der Waals surface area (Å²) >= 11 is 5.67. The van der Waals surface area contributed by atoms with Crippen molar-refractivity contribution in [3.05, 3.63) is 34.3 Å². The standard InChI is InChI=1S/C11H11ClF2O2/c1-3-16-10(15)11(13,14)9-7(2)5-4-6-8(9)12/h4-6H,3H2,1-2H3. The number of halogens is 3. The number of rotatable bonds is 3. The lowest BCUT2D eigenvalue weighted by atomic mass is 10.0. The Labute approximate surface area is 97.2 Å². The van der Waals surface area contributed by atoms with Crippen molar-refractivity contribution in [2.75, 3.05) is 6.61 Å². The summed E-state index contributed by atoms with van der Waals surface area (Å²) in [4.78, 5) is 11.1. The Balaban J connectivity index is 3.21. The number of ether oxygens (including phenoxy) is 1. The molecular formula is C11H11ClF2O2. The molecular weight excluding hydrogens is 238 g/mol. The molecule has 1 aromatic carbocycles. The van der Waals surface area contributed by atoms with Gasteiger partial charge in [-0.25, -0.2) is 4.79 Å². The van der Waals surface area contributed by atoms with Crippen molar-refractivity contribution >= 4 is 17.6 Å². The van der Waals surface area contributed by atoms with Crippen molar-refractivity contribution in [1.82, 2.24) is 0 Å². The van der Waals surface area contributed by atoms with E-state index in [2.05, 4.69) is 4.74 Å². The van der Waals surface area contributed by atoms with Crippen LogP contribution in [0.1, 0.15) is 18.1 Å². The van der Waals surface area contributed by atoms with E-state index in [4.69, 9.17) is 11.6 Å². The van der Waals surface area contributed by atoms with E-state index in [-0.39, 0.29) is 17.2 Å². The normalized spacial score (nSPS) is 11.3. The van der Waals surface area contributed by atoms with Crippen LogP contribution in [0.2, 0.25) is 5.02 Å². The van der Waals surface area contributed by atoms with Crippen molar-refractivity contribution in [2.24, 2.45) is 0 Å². The third-order valence-electron chi connectivity index (χ3n) is 2.07. The highest BCUT2D eigenvalue weighted by atomic mass is 35.5. The fourth-order valence-electron chi connectivity index (χ4n) is 1.35. The fraction of sp³-hybridized carbons (Fsp3) is 0.364. The summed E-state index contributed by atoms with van der Waals surface area (Å²) in [5.74, 6) is -5.29. The molecule has 0 heterocycles. The molecule has 5 heteroatoms. The minimum absolute atomic E-state index is 0.0993. The van der Waals surface area contributed by atoms with Crippen molar-refractivity contribution in [3.8, 4) is 0 Å². The van der Waals surface area contributed by atoms with Gasteiger partial charge in [-0.2, -0.15) is 8.78 Å². The molecule has 0 N–H and O–H groups in total. The van der Waals surface area contributed by atoms with Gasteiger partial charge in [-0.05, 0) is 25.5 Å². The van der Waals surface area contributed by atoms with E-state index in [1.165, 1.54) is 26.0 Å². The number of carbonyl (C=O) groups excluding carboxylic acids is 1. The van der Waals surface area contributed by atoms with E-state index in [1.807, 2.05) is 0 Å². The lowest BCUT2D eigenvalue weighted by molar-refractivity contribution is -0.173. The SMILES string of the molecule is CCOC(=O)C(F)(F)c1c(C)cccc1Cl. The van der Waals surface area contributed by atoms with Crippen molar-refractivity contribution in [2.45, 2.75) is 19.8 Å². The van der Waals surface area contributed by atoms with Crippen molar-refractivity contribution in [3.63, 3.8) is 0 Å². The number of benzene rings is 1.